The summed E-state index contributed by atoms with van der Waals surface area (Å²) in [6.07, 6.45) is 8.39. The van der Waals surface area contributed by atoms with Gasteiger partial charge in [-0.25, -0.2) is 0 Å². The highest BCUT2D eigenvalue weighted by molar-refractivity contribution is 5.76. The topological polar surface area (TPSA) is 40.9 Å². The molecule has 0 heterocycles. The minimum absolute atomic E-state index is 0.0167. The number of rotatable bonds is 5. The molecule has 0 N–H and O–H groups in total. The number of hydrogen-bond donors (Lipinski definition) is 0. The van der Waals surface area contributed by atoms with Gasteiger partial charge in [-0.05, 0) is 18.8 Å². The average molecular weight is 191 g/mol. The average Bonchev–Trinajstić information content (AvgIpc) is 2.01. The van der Waals surface area contributed by atoms with Crippen LogP contribution >= 0.6 is 0 Å². The number of nitriles is 1. The summed E-state index contributed by atoms with van der Waals surface area (Å²) >= 11 is 0. The molecule has 14 heavy (non-hydrogen) atoms. The minimum atomic E-state index is 0.0167. The number of carbonyl (C=O) groups is 1. The van der Waals surface area contributed by atoms with Gasteiger partial charge in [0.15, 0.2) is 0 Å². The molecule has 2 heteroatoms. The second kappa shape index (κ2) is 6.15. The molecule has 0 amide bonds. The van der Waals surface area contributed by atoms with E-state index >= 15 is 0 Å². The van der Waals surface area contributed by atoms with Gasteiger partial charge in [0, 0.05) is 12.5 Å². The Bertz CT molecular complexity index is 279. The van der Waals surface area contributed by atoms with Crippen LogP contribution in [0, 0.1) is 16.7 Å². The van der Waals surface area contributed by atoms with Crippen LogP contribution in [0.2, 0.25) is 0 Å². The van der Waals surface area contributed by atoms with E-state index < -0.39 is 0 Å². The highest BCUT2D eigenvalue weighted by Gasteiger charge is 2.17. The van der Waals surface area contributed by atoms with Gasteiger partial charge in [0.2, 0.25) is 0 Å². The summed E-state index contributed by atoms with van der Waals surface area (Å²) in [5, 5.41) is 8.23. The predicted molar refractivity (Wildman–Crippen MR) is 57.6 cm³/mol. The first-order chi connectivity index (χ1) is 6.48. The lowest BCUT2D eigenvalue weighted by molar-refractivity contribution is -0.118. The lowest BCUT2D eigenvalue weighted by Crippen LogP contribution is -2.14. The second-order valence-corrected chi connectivity index (χ2v) is 4.16. The van der Waals surface area contributed by atoms with Crippen molar-refractivity contribution in [2.45, 2.75) is 33.6 Å². The van der Waals surface area contributed by atoms with Crippen LogP contribution < -0.4 is 0 Å². The Labute approximate surface area is 85.9 Å². The van der Waals surface area contributed by atoms with E-state index in [-0.39, 0.29) is 11.2 Å². The molecule has 0 rings (SSSR count). The highest BCUT2D eigenvalue weighted by Crippen LogP contribution is 2.25. The Kier molecular flexibility index (Phi) is 5.55. The maximum atomic E-state index is 10.9. The fourth-order valence-electron chi connectivity index (χ4n) is 1.31. The van der Waals surface area contributed by atoms with Crippen LogP contribution in [0.1, 0.15) is 33.6 Å². The number of nitrogens with zero attached hydrogens (tertiary/aromatic N) is 1. The molecule has 0 aromatic heterocycles. The SMILES string of the molecule is CC(=O)CC(C)(C)C/C=C/C=C/C#N. The van der Waals surface area contributed by atoms with Crippen LogP contribution in [0.3, 0.4) is 0 Å². The summed E-state index contributed by atoms with van der Waals surface area (Å²) in [6.45, 7) is 5.74. The summed E-state index contributed by atoms with van der Waals surface area (Å²) < 4.78 is 0. The first kappa shape index (κ1) is 12.6. The third kappa shape index (κ3) is 7.30. The van der Waals surface area contributed by atoms with Gasteiger partial charge in [0.1, 0.15) is 5.78 Å². The van der Waals surface area contributed by atoms with E-state index in [9.17, 15) is 4.79 Å². The second-order valence-electron chi connectivity index (χ2n) is 4.16. The van der Waals surface area contributed by atoms with Crippen LogP contribution in [0.4, 0.5) is 0 Å². The van der Waals surface area contributed by atoms with E-state index in [1.165, 1.54) is 6.08 Å². The van der Waals surface area contributed by atoms with Crippen LogP contribution in [-0.4, -0.2) is 5.78 Å². The van der Waals surface area contributed by atoms with Crippen molar-refractivity contribution < 1.29 is 4.79 Å². The van der Waals surface area contributed by atoms with Gasteiger partial charge in [-0.3, -0.25) is 0 Å². The predicted octanol–water partition coefficient (Wildman–Crippen LogP) is 3.02. The molecular formula is C12H17NO. The van der Waals surface area contributed by atoms with Crippen molar-refractivity contribution in [3.8, 4) is 6.07 Å². The number of hydrogen-bond acceptors (Lipinski definition) is 2. The molecular weight excluding hydrogens is 174 g/mol. The van der Waals surface area contributed by atoms with Crippen molar-refractivity contribution >= 4 is 5.78 Å². The molecule has 0 atom stereocenters. The standard InChI is InChI=1S/C12H17NO/c1-11(14)10-12(2,3)8-6-4-5-7-9-13/h4-7H,8,10H2,1-3H3/b6-4+,7-5+. The molecule has 0 aromatic rings. The summed E-state index contributed by atoms with van der Waals surface area (Å²) in [5.41, 5.74) is 0.0167. The minimum Gasteiger partial charge on any atom is -0.300 e. The molecule has 0 fully saturated rings. The molecule has 0 aliphatic heterocycles. The van der Waals surface area contributed by atoms with Crippen LogP contribution in [0.25, 0.3) is 0 Å². The molecule has 0 radical (unpaired) electrons. The van der Waals surface area contributed by atoms with Crippen LogP contribution in [0.5, 0.6) is 0 Å². The monoisotopic (exact) mass is 191 g/mol. The van der Waals surface area contributed by atoms with Crippen molar-refractivity contribution in [3.63, 3.8) is 0 Å². The van der Waals surface area contributed by atoms with Crippen LogP contribution in [0.15, 0.2) is 24.3 Å². The van der Waals surface area contributed by atoms with E-state index in [1.807, 2.05) is 18.2 Å². The number of allylic oxidation sites excluding steroid dienone is 4. The first-order valence-electron chi connectivity index (χ1n) is 4.69. The van der Waals surface area contributed by atoms with Gasteiger partial charge in [-0.1, -0.05) is 32.1 Å². The van der Waals surface area contributed by atoms with E-state index in [0.717, 1.165) is 6.42 Å². The Hall–Kier alpha value is -1.36. The summed E-state index contributed by atoms with van der Waals surface area (Å²) in [6, 6.07) is 1.91. The largest absolute Gasteiger partial charge is 0.300 e. The smallest absolute Gasteiger partial charge is 0.130 e. The Morgan fingerprint density at radius 2 is 2.07 bits per heavy atom. The van der Waals surface area contributed by atoms with Crippen molar-refractivity contribution in [1.82, 2.24) is 0 Å². The van der Waals surface area contributed by atoms with Crippen molar-refractivity contribution in [2.24, 2.45) is 5.41 Å². The normalized spacial score (nSPS) is 12.1. The zero-order valence-electron chi connectivity index (χ0n) is 9.08. The molecule has 0 aliphatic rings. The maximum absolute atomic E-state index is 10.9. The van der Waals surface area contributed by atoms with Gasteiger partial charge in [0.05, 0.1) is 6.07 Å². The lowest BCUT2D eigenvalue weighted by atomic mass is 9.84. The molecule has 2 nitrogen and oxygen atoms in total. The first-order valence-corrected chi connectivity index (χ1v) is 4.69. The molecule has 0 aliphatic carbocycles. The molecule has 76 valence electrons. The molecule has 0 unspecified atom stereocenters. The van der Waals surface area contributed by atoms with E-state index in [0.29, 0.717) is 6.42 Å². The summed E-state index contributed by atoms with van der Waals surface area (Å²) in [5.74, 6) is 0.218. The quantitative estimate of drug-likeness (QED) is 0.495. The lowest BCUT2D eigenvalue weighted by Gasteiger charge is -2.20. The van der Waals surface area contributed by atoms with Crippen molar-refractivity contribution in [2.75, 3.05) is 0 Å². The fourth-order valence-corrected chi connectivity index (χ4v) is 1.31. The molecule has 0 aromatic carbocycles. The van der Waals surface area contributed by atoms with Crippen molar-refractivity contribution in [1.29, 1.82) is 5.26 Å². The van der Waals surface area contributed by atoms with Gasteiger partial charge in [-0.2, -0.15) is 5.26 Å². The molecule has 0 saturated carbocycles. The van der Waals surface area contributed by atoms with Crippen LogP contribution in [-0.2, 0) is 4.79 Å². The molecule has 0 saturated heterocycles. The zero-order valence-corrected chi connectivity index (χ0v) is 9.08. The zero-order chi connectivity index (χ0) is 11.0. The van der Waals surface area contributed by atoms with Gasteiger partial charge < -0.3 is 4.79 Å². The van der Waals surface area contributed by atoms with E-state index in [1.54, 1.807) is 13.0 Å². The van der Waals surface area contributed by atoms with E-state index in [4.69, 9.17) is 5.26 Å². The number of Topliss-reactive ketones (excluding diaryl/α,β-unsaturated/α-hetero) is 1. The van der Waals surface area contributed by atoms with Gasteiger partial charge >= 0.3 is 0 Å². The Morgan fingerprint density at radius 1 is 1.43 bits per heavy atom. The third-order valence-electron chi connectivity index (χ3n) is 1.82. The van der Waals surface area contributed by atoms with E-state index in [2.05, 4.69) is 13.8 Å². The maximum Gasteiger partial charge on any atom is 0.130 e. The van der Waals surface area contributed by atoms with Crippen molar-refractivity contribution in [3.05, 3.63) is 24.3 Å². The van der Waals surface area contributed by atoms with Gasteiger partial charge in [-0.15, -0.1) is 0 Å². The summed E-state index contributed by atoms with van der Waals surface area (Å²) in [4.78, 5) is 10.9. The third-order valence-corrected chi connectivity index (χ3v) is 1.82. The van der Waals surface area contributed by atoms with Gasteiger partial charge in [0.25, 0.3) is 0 Å². The number of ketones is 1. The number of carbonyl (C=O) groups excluding carboxylic acids is 1. The summed E-state index contributed by atoms with van der Waals surface area (Å²) in [7, 11) is 0. The Balaban J connectivity index is 3.99. The Morgan fingerprint density at radius 3 is 2.57 bits per heavy atom. The molecule has 0 bridgehead atoms. The highest BCUT2D eigenvalue weighted by atomic mass is 16.1. The fraction of sp³-hybridized carbons (Fsp3) is 0.500. The molecule has 0 spiro atoms.